The van der Waals surface area contributed by atoms with Gasteiger partial charge in [-0.25, -0.2) is 4.90 Å². The van der Waals surface area contributed by atoms with Gasteiger partial charge in [0.2, 0.25) is 0 Å². The number of imide groups is 1. The third-order valence-corrected chi connectivity index (χ3v) is 5.47. The summed E-state index contributed by atoms with van der Waals surface area (Å²) < 4.78 is 0. The number of nitrogens with zero attached hydrogens (tertiary/aromatic N) is 3. The maximum Gasteiger partial charge on any atom is 0.270 e. The molecule has 0 spiro atoms. The lowest BCUT2D eigenvalue weighted by Gasteiger charge is -2.14. The van der Waals surface area contributed by atoms with Crippen LogP contribution in [0.1, 0.15) is 20.7 Å². The molecule has 3 aromatic carbocycles. The monoisotopic (exact) mass is 421 g/mol. The molecule has 0 bridgehead atoms. The summed E-state index contributed by atoms with van der Waals surface area (Å²) in [6, 6.07) is 16.3. The van der Waals surface area contributed by atoms with E-state index in [0.717, 1.165) is 20.8 Å². The third kappa shape index (κ3) is 3.40. The standard InChI is InChI=1S/C20H11N3O6S/c24-19-17-10-5-14(23(28)29)11-18(17)20(25)21(19)12-1-6-15(7-2-12)30-16-8-3-13(4-9-16)22(26)27/h1-11H. The molecule has 0 aliphatic carbocycles. The van der Waals surface area contributed by atoms with Crippen LogP contribution in [0.5, 0.6) is 0 Å². The molecule has 30 heavy (non-hydrogen) atoms. The first-order valence-corrected chi connectivity index (χ1v) is 9.36. The van der Waals surface area contributed by atoms with Crippen LogP contribution < -0.4 is 4.90 Å². The largest absolute Gasteiger partial charge is 0.270 e. The molecule has 0 fully saturated rings. The van der Waals surface area contributed by atoms with Gasteiger partial charge in [-0.3, -0.25) is 29.8 Å². The number of nitro groups is 2. The van der Waals surface area contributed by atoms with Gasteiger partial charge in [-0.1, -0.05) is 11.8 Å². The summed E-state index contributed by atoms with van der Waals surface area (Å²) >= 11 is 1.37. The van der Waals surface area contributed by atoms with Crippen molar-refractivity contribution in [2.75, 3.05) is 4.90 Å². The number of hydrogen-bond donors (Lipinski definition) is 0. The number of carbonyl (C=O) groups is 2. The zero-order chi connectivity index (χ0) is 21.4. The molecule has 4 rings (SSSR count). The molecule has 148 valence electrons. The molecule has 0 saturated carbocycles. The predicted molar refractivity (Wildman–Crippen MR) is 108 cm³/mol. The van der Waals surface area contributed by atoms with E-state index in [-0.39, 0.29) is 22.5 Å². The van der Waals surface area contributed by atoms with E-state index in [1.165, 1.54) is 36.0 Å². The van der Waals surface area contributed by atoms with Crippen LogP contribution in [-0.4, -0.2) is 21.7 Å². The lowest BCUT2D eigenvalue weighted by molar-refractivity contribution is -0.385. The van der Waals surface area contributed by atoms with Gasteiger partial charge in [-0.05, 0) is 42.5 Å². The maximum atomic E-state index is 12.7. The van der Waals surface area contributed by atoms with Crippen molar-refractivity contribution >= 4 is 40.6 Å². The number of carbonyl (C=O) groups excluding carboxylic acids is 2. The summed E-state index contributed by atoms with van der Waals surface area (Å²) in [6.07, 6.45) is 0. The Balaban J connectivity index is 1.55. The van der Waals surface area contributed by atoms with Gasteiger partial charge in [-0.15, -0.1) is 0 Å². The van der Waals surface area contributed by atoms with E-state index in [0.29, 0.717) is 5.69 Å². The van der Waals surface area contributed by atoms with Crippen LogP contribution in [0.2, 0.25) is 0 Å². The van der Waals surface area contributed by atoms with Crippen molar-refractivity contribution < 1.29 is 19.4 Å². The molecule has 9 nitrogen and oxygen atoms in total. The Labute approximate surface area is 173 Å². The van der Waals surface area contributed by atoms with Crippen LogP contribution in [0.3, 0.4) is 0 Å². The number of anilines is 1. The molecule has 0 radical (unpaired) electrons. The first-order chi connectivity index (χ1) is 14.3. The second-order valence-electron chi connectivity index (χ2n) is 6.28. The minimum Gasteiger partial charge on any atom is -0.268 e. The van der Waals surface area contributed by atoms with E-state index in [2.05, 4.69) is 0 Å². The van der Waals surface area contributed by atoms with Crippen LogP contribution in [0.4, 0.5) is 17.1 Å². The van der Waals surface area contributed by atoms with Gasteiger partial charge in [-0.2, -0.15) is 0 Å². The highest BCUT2D eigenvalue weighted by molar-refractivity contribution is 7.99. The fourth-order valence-electron chi connectivity index (χ4n) is 3.01. The highest BCUT2D eigenvalue weighted by Gasteiger charge is 2.37. The fourth-order valence-corrected chi connectivity index (χ4v) is 3.83. The number of non-ortho nitro benzene ring substituents is 2. The normalized spacial score (nSPS) is 12.7. The number of hydrogen-bond acceptors (Lipinski definition) is 7. The number of rotatable bonds is 5. The lowest BCUT2D eigenvalue weighted by atomic mass is 10.1. The van der Waals surface area contributed by atoms with Crippen molar-refractivity contribution in [3.63, 3.8) is 0 Å². The van der Waals surface area contributed by atoms with E-state index in [9.17, 15) is 29.8 Å². The molecular weight excluding hydrogens is 410 g/mol. The minimum atomic E-state index is -0.620. The first kappa shape index (κ1) is 19.3. The van der Waals surface area contributed by atoms with Crippen LogP contribution in [0, 0.1) is 20.2 Å². The van der Waals surface area contributed by atoms with Crippen LogP contribution >= 0.6 is 11.8 Å². The van der Waals surface area contributed by atoms with E-state index in [1.54, 1.807) is 36.4 Å². The highest BCUT2D eigenvalue weighted by Crippen LogP contribution is 2.34. The summed E-state index contributed by atoms with van der Waals surface area (Å²) in [5, 5.41) is 21.7. The quantitative estimate of drug-likeness (QED) is 0.338. The number of fused-ring (bicyclic) bond motifs is 1. The highest BCUT2D eigenvalue weighted by atomic mass is 32.2. The van der Waals surface area contributed by atoms with Gasteiger partial charge in [0.15, 0.2) is 0 Å². The molecule has 0 N–H and O–H groups in total. The van der Waals surface area contributed by atoms with Crippen LogP contribution in [0.25, 0.3) is 0 Å². The molecule has 0 aromatic heterocycles. The molecule has 3 aromatic rings. The molecule has 1 heterocycles. The van der Waals surface area contributed by atoms with E-state index in [1.807, 2.05) is 0 Å². The summed E-state index contributed by atoms with van der Waals surface area (Å²) in [5.74, 6) is -1.16. The predicted octanol–water partition coefficient (Wildman–Crippen LogP) is 4.45. The Bertz CT molecular complexity index is 1210. The zero-order valence-corrected chi connectivity index (χ0v) is 15.9. The minimum absolute atomic E-state index is 0.000518. The second kappa shape index (κ2) is 7.41. The maximum absolute atomic E-state index is 12.7. The first-order valence-electron chi connectivity index (χ1n) is 8.55. The Morgan fingerprint density at radius 3 is 1.73 bits per heavy atom. The Kier molecular flexibility index (Phi) is 4.76. The van der Waals surface area contributed by atoms with E-state index in [4.69, 9.17) is 0 Å². The topological polar surface area (TPSA) is 124 Å². The fraction of sp³-hybridized carbons (Fsp3) is 0. The van der Waals surface area contributed by atoms with Crippen molar-refractivity contribution in [2.24, 2.45) is 0 Å². The Hall–Kier alpha value is -4.05. The summed E-state index contributed by atoms with van der Waals surface area (Å²) in [7, 11) is 0. The molecule has 1 aliphatic heterocycles. The van der Waals surface area contributed by atoms with Crippen molar-refractivity contribution in [2.45, 2.75) is 9.79 Å². The second-order valence-corrected chi connectivity index (χ2v) is 7.43. The van der Waals surface area contributed by atoms with Crippen molar-refractivity contribution in [3.8, 4) is 0 Å². The third-order valence-electron chi connectivity index (χ3n) is 4.46. The molecule has 10 heteroatoms. The molecule has 0 atom stereocenters. The van der Waals surface area contributed by atoms with E-state index < -0.39 is 21.7 Å². The van der Waals surface area contributed by atoms with Crippen molar-refractivity contribution in [1.29, 1.82) is 0 Å². The zero-order valence-electron chi connectivity index (χ0n) is 15.1. The SMILES string of the molecule is O=C1c2ccc([N+](=O)[O-])cc2C(=O)N1c1ccc(Sc2ccc([N+](=O)[O-])cc2)cc1. The average molecular weight is 421 g/mol. The molecule has 2 amide bonds. The van der Waals surface area contributed by atoms with Gasteiger partial charge >= 0.3 is 0 Å². The summed E-state index contributed by atoms with van der Waals surface area (Å²) in [5.41, 5.74) is 0.206. The van der Waals surface area contributed by atoms with Gasteiger partial charge in [0.25, 0.3) is 23.2 Å². The number of amides is 2. The molecule has 0 unspecified atom stereocenters. The molecule has 0 saturated heterocycles. The number of benzene rings is 3. The van der Waals surface area contributed by atoms with Crippen LogP contribution in [0.15, 0.2) is 76.5 Å². The summed E-state index contributed by atoms with van der Waals surface area (Å²) in [6.45, 7) is 0. The molecular formula is C20H11N3O6S. The van der Waals surface area contributed by atoms with Gasteiger partial charge < -0.3 is 0 Å². The number of nitro benzene ring substituents is 2. The lowest BCUT2D eigenvalue weighted by Crippen LogP contribution is -2.29. The average Bonchev–Trinajstić information content (AvgIpc) is 2.99. The van der Waals surface area contributed by atoms with E-state index >= 15 is 0 Å². The van der Waals surface area contributed by atoms with Crippen LogP contribution in [-0.2, 0) is 0 Å². The van der Waals surface area contributed by atoms with Gasteiger partial charge in [0.05, 0.1) is 26.7 Å². The van der Waals surface area contributed by atoms with Gasteiger partial charge in [0, 0.05) is 34.1 Å². The van der Waals surface area contributed by atoms with Crippen molar-refractivity contribution in [3.05, 3.63) is 98.1 Å². The smallest absolute Gasteiger partial charge is 0.268 e. The van der Waals surface area contributed by atoms with Crippen molar-refractivity contribution in [1.82, 2.24) is 0 Å². The van der Waals surface area contributed by atoms with Gasteiger partial charge in [0.1, 0.15) is 0 Å². The molecule has 1 aliphatic rings. The Morgan fingerprint density at radius 1 is 0.667 bits per heavy atom. The summed E-state index contributed by atoms with van der Waals surface area (Å²) in [4.78, 5) is 48.4. The Morgan fingerprint density at radius 2 is 1.17 bits per heavy atom.